The fraction of sp³-hybridized carbons (Fsp3) is 1.00. The number of rotatable bonds is 3. The highest BCUT2D eigenvalue weighted by Crippen LogP contribution is 2.09. The van der Waals surface area contributed by atoms with Crippen LogP contribution in [0.5, 0.6) is 0 Å². The molecule has 1 N–H and O–H groups in total. The molecular formula is C12H26N2O. The van der Waals surface area contributed by atoms with Crippen LogP contribution in [0.2, 0.25) is 0 Å². The van der Waals surface area contributed by atoms with E-state index in [-0.39, 0.29) is 5.54 Å². The van der Waals surface area contributed by atoms with Crippen molar-refractivity contribution in [3.8, 4) is 0 Å². The second-order valence-corrected chi connectivity index (χ2v) is 5.71. The van der Waals surface area contributed by atoms with Crippen molar-refractivity contribution >= 4 is 0 Å². The lowest BCUT2D eigenvalue weighted by molar-refractivity contribution is -0.0392. The average Bonchev–Trinajstić information content (AvgIpc) is 2.14. The van der Waals surface area contributed by atoms with E-state index in [2.05, 4.69) is 44.8 Å². The van der Waals surface area contributed by atoms with Crippen molar-refractivity contribution in [2.75, 3.05) is 26.2 Å². The van der Waals surface area contributed by atoms with Gasteiger partial charge in [0.1, 0.15) is 0 Å². The van der Waals surface area contributed by atoms with Crippen LogP contribution in [-0.2, 0) is 4.74 Å². The highest BCUT2D eigenvalue weighted by molar-refractivity contribution is 4.79. The van der Waals surface area contributed by atoms with Crippen molar-refractivity contribution in [1.29, 1.82) is 0 Å². The van der Waals surface area contributed by atoms with Gasteiger partial charge in [-0.2, -0.15) is 0 Å². The number of nitrogens with zero attached hydrogens (tertiary/aromatic N) is 1. The van der Waals surface area contributed by atoms with Crippen molar-refractivity contribution in [2.45, 2.75) is 52.3 Å². The van der Waals surface area contributed by atoms with Crippen LogP contribution in [0.4, 0.5) is 0 Å². The minimum absolute atomic E-state index is 0.184. The van der Waals surface area contributed by atoms with E-state index in [1.54, 1.807) is 0 Å². The Labute approximate surface area is 94.2 Å². The van der Waals surface area contributed by atoms with Gasteiger partial charge in [0.2, 0.25) is 0 Å². The number of ether oxygens (including phenoxy) is 1. The molecule has 3 heteroatoms. The Morgan fingerprint density at radius 1 is 1.40 bits per heavy atom. The Bertz CT molecular complexity index is 187. The largest absolute Gasteiger partial charge is 0.374 e. The third-order valence-corrected chi connectivity index (χ3v) is 2.76. The van der Waals surface area contributed by atoms with Crippen molar-refractivity contribution < 1.29 is 4.74 Å². The summed E-state index contributed by atoms with van der Waals surface area (Å²) in [5, 5.41) is 3.50. The fourth-order valence-corrected chi connectivity index (χ4v) is 1.75. The molecule has 0 aromatic carbocycles. The van der Waals surface area contributed by atoms with Crippen LogP contribution in [0.1, 0.15) is 34.6 Å². The molecule has 0 amide bonds. The molecular weight excluding hydrogens is 188 g/mol. The molecule has 0 radical (unpaired) electrons. The smallest absolute Gasteiger partial charge is 0.0827 e. The molecule has 1 fully saturated rings. The first kappa shape index (κ1) is 12.9. The zero-order valence-corrected chi connectivity index (χ0v) is 10.8. The third-order valence-electron chi connectivity index (χ3n) is 2.76. The quantitative estimate of drug-likeness (QED) is 0.770. The third kappa shape index (κ3) is 4.96. The standard InChI is InChI=1S/C12H26N2O/c1-10(2)14-6-7-15-11(9-14)8-13-12(3,4)5/h10-11,13H,6-9H2,1-5H3. The van der Waals surface area contributed by atoms with E-state index in [9.17, 15) is 0 Å². The molecule has 1 aliphatic heterocycles. The van der Waals surface area contributed by atoms with Crippen LogP contribution in [-0.4, -0.2) is 48.8 Å². The number of nitrogens with one attached hydrogen (secondary N) is 1. The molecule has 90 valence electrons. The second-order valence-electron chi connectivity index (χ2n) is 5.71. The van der Waals surface area contributed by atoms with Gasteiger partial charge in [-0.25, -0.2) is 0 Å². The van der Waals surface area contributed by atoms with Crippen LogP contribution < -0.4 is 5.32 Å². The van der Waals surface area contributed by atoms with Gasteiger partial charge >= 0.3 is 0 Å². The molecule has 0 bridgehead atoms. The number of hydrogen-bond acceptors (Lipinski definition) is 3. The maximum Gasteiger partial charge on any atom is 0.0827 e. The predicted molar refractivity (Wildman–Crippen MR) is 64.2 cm³/mol. The van der Waals surface area contributed by atoms with Gasteiger partial charge in [0.15, 0.2) is 0 Å². The Balaban J connectivity index is 2.30. The molecule has 0 aromatic heterocycles. The van der Waals surface area contributed by atoms with E-state index >= 15 is 0 Å². The van der Waals surface area contributed by atoms with Crippen LogP contribution >= 0.6 is 0 Å². The molecule has 1 aliphatic rings. The highest BCUT2D eigenvalue weighted by atomic mass is 16.5. The van der Waals surface area contributed by atoms with Gasteiger partial charge in [0.25, 0.3) is 0 Å². The molecule has 1 heterocycles. The van der Waals surface area contributed by atoms with Crippen LogP contribution in [0, 0.1) is 0 Å². The summed E-state index contributed by atoms with van der Waals surface area (Å²) in [6.45, 7) is 15.0. The molecule has 3 nitrogen and oxygen atoms in total. The van der Waals surface area contributed by atoms with E-state index in [1.165, 1.54) is 0 Å². The maximum absolute atomic E-state index is 5.75. The van der Waals surface area contributed by atoms with Gasteiger partial charge in [-0.05, 0) is 34.6 Å². The summed E-state index contributed by atoms with van der Waals surface area (Å²) < 4.78 is 5.75. The van der Waals surface area contributed by atoms with E-state index in [1.807, 2.05) is 0 Å². The first-order valence-corrected chi connectivity index (χ1v) is 5.99. The normalized spacial score (nSPS) is 24.8. The van der Waals surface area contributed by atoms with Crippen molar-refractivity contribution in [3.63, 3.8) is 0 Å². The van der Waals surface area contributed by atoms with Crippen molar-refractivity contribution in [2.24, 2.45) is 0 Å². The van der Waals surface area contributed by atoms with Crippen molar-refractivity contribution in [1.82, 2.24) is 10.2 Å². The highest BCUT2D eigenvalue weighted by Gasteiger charge is 2.23. The van der Waals surface area contributed by atoms with E-state index < -0.39 is 0 Å². The Kier molecular flexibility index (Phi) is 4.56. The van der Waals surface area contributed by atoms with Crippen LogP contribution in [0.25, 0.3) is 0 Å². The zero-order chi connectivity index (χ0) is 11.5. The minimum atomic E-state index is 0.184. The molecule has 15 heavy (non-hydrogen) atoms. The lowest BCUT2D eigenvalue weighted by atomic mass is 10.1. The molecule has 1 saturated heterocycles. The molecule has 0 aromatic rings. The summed E-state index contributed by atoms with van der Waals surface area (Å²) in [7, 11) is 0. The van der Waals surface area contributed by atoms with E-state index in [0.717, 1.165) is 26.2 Å². The summed E-state index contributed by atoms with van der Waals surface area (Å²) in [6, 6.07) is 0.631. The van der Waals surface area contributed by atoms with E-state index in [4.69, 9.17) is 4.74 Å². The number of hydrogen-bond donors (Lipinski definition) is 1. The number of morpholine rings is 1. The summed E-state index contributed by atoms with van der Waals surface area (Å²) >= 11 is 0. The zero-order valence-electron chi connectivity index (χ0n) is 10.8. The summed E-state index contributed by atoms with van der Waals surface area (Å²) in [4.78, 5) is 2.48. The molecule has 0 saturated carbocycles. The monoisotopic (exact) mass is 214 g/mol. The SMILES string of the molecule is CC(C)N1CCOC(CNC(C)(C)C)C1. The van der Waals surface area contributed by atoms with Crippen molar-refractivity contribution in [3.05, 3.63) is 0 Å². The van der Waals surface area contributed by atoms with Gasteiger partial charge in [-0.3, -0.25) is 4.90 Å². The lowest BCUT2D eigenvalue weighted by Gasteiger charge is -2.36. The Morgan fingerprint density at radius 2 is 2.07 bits per heavy atom. The maximum atomic E-state index is 5.75. The fourth-order valence-electron chi connectivity index (χ4n) is 1.75. The summed E-state index contributed by atoms with van der Waals surface area (Å²) in [5.41, 5.74) is 0.184. The van der Waals surface area contributed by atoms with Gasteiger partial charge in [0, 0.05) is 31.2 Å². The lowest BCUT2D eigenvalue weighted by Crippen LogP contribution is -2.51. The predicted octanol–water partition coefficient (Wildman–Crippen LogP) is 1.48. The Morgan fingerprint density at radius 3 is 2.60 bits per heavy atom. The van der Waals surface area contributed by atoms with Crippen LogP contribution in [0.3, 0.4) is 0 Å². The van der Waals surface area contributed by atoms with E-state index in [0.29, 0.717) is 12.1 Å². The first-order valence-electron chi connectivity index (χ1n) is 5.99. The van der Waals surface area contributed by atoms with Gasteiger partial charge in [-0.1, -0.05) is 0 Å². The molecule has 0 aliphatic carbocycles. The molecule has 1 rings (SSSR count). The topological polar surface area (TPSA) is 24.5 Å². The molecule has 1 atom stereocenters. The molecule has 1 unspecified atom stereocenters. The Hall–Kier alpha value is -0.120. The minimum Gasteiger partial charge on any atom is -0.374 e. The first-order chi connectivity index (χ1) is 6.88. The van der Waals surface area contributed by atoms with Crippen LogP contribution in [0.15, 0.2) is 0 Å². The summed E-state index contributed by atoms with van der Waals surface area (Å²) in [5.74, 6) is 0. The molecule has 0 spiro atoms. The van der Waals surface area contributed by atoms with Gasteiger partial charge < -0.3 is 10.1 Å². The second kappa shape index (κ2) is 5.28. The van der Waals surface area contributed by atoms with Gasteiger partial charge in [0.05, 0.1) is 12.7 Å². The average molecular weight is 214 g/mol. The summed E-state index contributed by atoms with van der Waals surface area (Å²) in [6.07, 6.45) is 0.348. The van der Waals surface area contributed by atoms with Gasteiger partial charge in [-0.15, -0.1) is 0 Å².